The number of rotatable bonds is 3. The molecule has 2 fully saturated rings. The number of carbonyl (C=O) groups is 1. The fourth-order valence-corrected chi connectivity index (χ4v) is 3.80. The van der Waals surface area contributed by atoms with E-state index in [9.17, 15) is 4.79 Å². The van der Waals surface area contributed by atoms with Crippen LogP contribution < -0.4 is 4.90 Å². The second-order valence-electron chi connectivity index (χ2n) is 7.13. The van der Waals surface area contributed by atoms with E-state index in [-0.39, 0.29) is 5.91 Å². The Bertz CT molecular complexity index is 520. The summed E-state index contributed by atoms with van der Waals surface area (Å²) in [5, 5.41) is 0. The number of carbonyl (C=O) groups excluding carboxylic acids is 1. The topological polar surface area (TPSA) is 36.4 Å². The van der Waals surface area contributed by atoms with E-state index in [0.717, 1.165) is 56.2 Å². The van der Waals surface area contributed by atoms with Gasteiger partial charge in [0.2, 0.25) is 0 Å². The van der Waals surface area contributed by atoms with E-state index in [2.05, 4.69) is 23.7 Å². The van der Waals surface area contributed by atoms with E-state index in [1.54, 1.807) is 6.20 Å². The van der Waals surface area contributed by atoms with E-state index in [1.807, 2.05) is 17.0 Å². The summed E-state index contributed by atoms with van der Waals surface area (Å²) >= 11 is 0. The second kappa shape index (κ2) is 7.33. The highest BCUT2D eigenvalue weighted by molar-refractivity contribution is 5.94. The van der Waals surface area contributed by atoms with Crippen LogP contribution in [0, 0.1) is 5.92 Å². The van der Waals surface area contributed by atoms with Gasteiger partial charge in [0.1, 0.15) is 5.82 Å². The number of piperidine rings is 2. The summed E-state index contributed by atoms with van der Waals surface area (Å²) in [6.07, 6.45) is 8.98. The summed E-state index contributed by atoms with van der Waals surface area (Å²) in [5.41, 5.74) is 0.730. The molecule has 1 amide bonds. The Morgan fingerprint density at radius 2 is 1.96 bits per heavy atom. The predicted molar refractivity (Wildman–Crippen MR) is 93.8 cm³/mol. The van der Waals surface area contributed by atoms with E-state index in [0.29, 0.717) is 6.04 Å². The molecule has 1 unspecified atom stereocenters. The molecule has 1 aromatic heterocycles. The lowest BCUT2D eigenvalue weighted by Crippen LogP contribution is -2.40. The molecule has 0 bridgehead atoms. The average Bonchev–Trinajstić information content (AvgIpc) is 2.62. The van der Waals surface area contributed by atoms with Crippen LogP contribution in [0.15, 0.2) is 18.3 Å². The number of hydrogen-bond donors (Lipinski definition) is 0. The standard InChI is InChI=1S/C19H29N3O/c1-3-17-6-4-5-11-22(17)18-8-7-16(14-20-18)19(23)21-12-9-15(2)10-13-21/h7-8,14-15,17H,3-6,9-13H2,1-2H3. The lowest BCUT2D eigenvalue weighted by atomic mass is 9.98. The molecule has 2 aliphatic rings. The van der Waals surface area contributed by atoms with Gasteiger partial charge in [-0.3, -0.25) is 4.79 Å². The zero-order chi connectivity index (χ0) is 16.2. The first-order chi connectivity index (χ1) is 11.2. The SMILES string of the molecule is CCC1CCCCN1c1ccc(C(=O)N2CCC(C)CC2)cn1. The summed E-state index contributed by atoms with van der Waals surface area (Å²) in [5.74, 6) is 1.91. The first kappa shape index (κ1) is 16.3. The molecule has 3 heterocycles. The first-order valence-corrected chi connectivity index (χ1v) is 9.21. The highest BCUT2D eigenvalue weighted by Crippen LogP contribution is 2.25. The van der Waals surface area contributed by atoms with Gasteiger partial charge in [0.05, 0.1) is 5.56 Å². The fraction of sp³-hybridized carbons (Fsp3) is 0.684. The molecular formula is C19H29N3O. The van der Waals surface area contributed by atoms with Crippen molar-refractivity contribution in [1.82, 2.24) is 9.88 Å². The highest BCUT2D eigenvalue weighted by Gasteiger charge is 2.24. The summed E-state index contributed by atoms with van der Waals surface area (Å²) in [4.78, 5) is 21.6. The monoisotopic (exact) mass is 315 g/mol. The Morgan fingerprint density at radius 3 is 2.61 bits per heavy atom. The van der Waals surface area contributed by atoms with Crippen molar-refractivity contribution in [1.29, 1.82) is 0 Å². The Balaban J connectivity index is 1.68. The van der Waals surface area contributed by atoms with E-state index in [1.165, 1.54) is 19.3 Å². The molecule has 3 rings (SSSR count). The number of hydrogen-bond acceptors (Lipinski definition) is 3. The number of anilines is 1. The molecule has 4 nitrogen and oxygen atoms in total. The lowest BCUT2D eigenvalue weighted by molar-refractivity contribution is 0.0697. The number of likely N-dealkylation sites (tertiary alicyclic amines) is 1. The summed E-state index contributed by atoms with van der Waals surface area (Å²) < 4.78 is 0. The van der Waals surface area contributed by atoms with Crippen molar-refractivity contribution in [3.8, 4) is 0 Å². The minimum Gasteiger partial charge on any atom is -0.354 e. The molecule has 1 atom stereocenters. The van der Waals surface area contributed by atoms with Crippen LogP contribution in [0.2, 0.25) is 0 Å². The number of aromatic nitrogens is 1. The normalized spacial score (nSPS) is 23.1. The van der Waals surface area contributed by atoms with Gasteiger partial charge in [-0.05, 0) is 56.6 Å². The first-order valence-electron chi connectivity index (χ1n) is 9.21. The number of amides is 1. The van der Waals surface area contributed by atoms with Gasteiger partial charge in [-0.25, -0.2) is 4.98 Å². The van der Waals surface area contributed by atoms with Gasteiger partial charge in [-0.15, -0.1) is 0 Å². The minimum atomic E-state index is 0.140. The number of nitrogens with zero attached hydrogens (tertiary/aromatic N) is 3. The smallest absolute Gasteiger partial charge is 0.255 e. The van der Waals surface area contributed by atoms with Gasteiger partial charge < -0.3 is 9.80 Å². The Morgan fingerprint density at radius 1 is 1.17 bits per heavy atom. The fourth-order valence-electron chi connectivity index (χ4n) is 3.80. The van der Waals surface area contributed by atoms with Crippen LogP contribution in [0.5, 0.6) is 0 Å². The third kappa shape index (κ3) is 3.67. The van der Waals surface area contributed by atoms with Crippen LogP contribution in [0.25, 0.3) is 0 Å². The molecule has 2 aliphatic heterocycles. The van der Waals surface area contributed by atoms with E-state index < -0.39 is 0 Å². The van der Waals surface area contributed by atoms with Gasteiger partial charge in [-0.1, -0.05) is 13.8 Å². The molecule has 1 aromatic rings. The zero-order valence-electron chi connectivity index (χ0n) is 14.5. The zero-order valence-corrected chi connectivity index (χ0v) is 14.5. The summed E-state index contributed by atoms with van der Waals surface area (Å²) in [6, 6.07) is 4.60. The molecule has 23 heavy (non-hydrogen) atoms. The quantitative estimate of drug-likeness (QED) is 0.853. The maximum atomic E-state index is 12.6. The van der Waals surface area contributed by atoms with Crippen molar-refractivity contribution in [3.05, 3.63) is 23.9 Å². The molecule has 0 radical (unpaired) electrons. The highest BCUT2D eigenvalue weighted by atomic mass is 16.2. The largest absolute Gasteiger partial charge is 0.354 e. The van der Waals surface area contributed by atoms with Crippen LogP contribution in [0.1, 0.15) is 62.7 Å². The van der Waals surface area contributed by atoms with Gasteiger partial charge in [0.25, 0.3) is 5.91 Å². The van der Waals surface area contributed by atoms with Crippen molar-refractivity contribution < 1.29 is 4.79 Å². The molecule has 0 aliphatic carbocycles. The Labute approximate surface area is 139 Å². The van der Waals surface area contributed by atoms with E-state index >= 15 is 0 Å². The summed E-state index contributed by atoms with van der Waals surface area (Å²) in [6.45, 7) is 7.36. The molecule has 2 saturated heterocycles. The molecule has 4 heteroatoms. The molecular weight excluding hydrogens is 286 g/mol. The van der Waals surface area contributed by atoms with Crippen molar-refractivity contribution in [2.45, 2.75) is 58.4 Å². The second-order valence-corrected chi connectivity index (χ2v) is 7.13. The third-order valence-corrected chi connectivity index (χ3v) is 5.46. The average molecular weight is 315 g/mol. The van der Waals surface area contributed by atoms with Crippen LogP contribution >= 0.6 is 0 Å². The maximum Gasteiger partial charge on any atom is 0.255 e. The third-order valence-electron chi connectivity index (χ3n) is 5.46. The lowest BCUT2D eigenvalue weighted by Gasteiger charge is -2.36. The van der Waals surface area contributed by atoms with E-state index in [4.69, 9.17) is 0 Å². The predicted octanol–water partition coefficient (Wildman–Crippen LogP) is 3.72. The van der Waals surface area contributed by atoms with Gasteiger partial charge in [-0.2, -0.15) is 0 Å². The van der Waals surface area contributed by atoms with Gasteiger partial charge in [0, 0.05) is 31.9 Å². The van der Waals surface area contributed by atoms with Crippen LogP contribution in [-0.4, -0.2) is 41.5 Å². The molecule has 126 valence electrons. The van der Waals surface area contributed by atoms with Gasteiger partial charge >= 0.3 is 0 Å². The molecule has 0 spiro atoms. The van der Waals surface area contributed by atoms with Crippen molar-refractivity contribution in [2.75, 3.05) is 24.5 Å². The number of pyridine rings is 1. The minimum absolute atomic E-state index is 0.140. The molecule has 0 aromatic carbocycles. The van der Waals surface area contributed by atoms with Crippen molar-refractivity contribution >= 4 is 11.7 Å². The molecule has 0 N–H and O–H groups in total. The van der Waals surface area contributed by atoms with Crippen LogP contribution in [0.3, 0.4) is 0 Å². The van der Waals surface area contributed by atoms with Crippen LogP contribution in [0.4, 0.5) is 5.82 Å². The maximum absolute atomic E-state index is 12.6. The molecule has 0 saturated carbocycles. The van der Waals surface area contributed by atoms with Gasteiger partial charge in [0.15, 0.2) is 0 Å². The Hall–Kier alpha value is -1.58. The van der Waals surface area contributed by atoms with Crippen LogP contribution in [-0.2, 0) is 0 Å². The van der Waals surface area contributed by atoms with Crippen molar-refractivity contribution in [3.63, 3.8) is 0 Å². The van der Waals surface area contributed by atoms with Crippen molar-refractivity contribution in [2.24, 2.45) is 5.92 Å². The summed E-state index contributed by atoms with van der Waals surface area (Å²) in [7, 11) is 0. The Kier molecular flexibility index (Phi) is 5.19.